The lowest BCUT2D eigenvalue weighted by Gasteiger charge is -2.39. The van der Waals surface area contributed by atoms with Gasteiger partial charge in [0.2, 0.25) is 5.91 Å². The fourth-order valence-corrected chi connectivity index (χ4v) is 1.94. The van der Waals surface area contributed by atoms with E-state index in [4.69, 9.17) is 0 Å². The van der Waals surface area contributed by atoms with Gasteiger partial charge in [-0.1, -0.05) is 25.5 Å². The summed E-state index contributed by atoms with van der Waals surface area (Å²) in [4.78, 5) is 26.1. The fraction of sp³-hybridized carbons (Fsp3) is 0.545. The number of rotatable bonds is 3. The van der Waals surface area contributed by atoms with E-state index in [1.165, 1.54) is 0 Å². The minimum atomic E-state index is -1.29. The van der Waals surface area contributed by atoms with Crippen LogP contribution < -0.4 is 10.4 Å². The normalized spacial score (nSPS) is 26.4. The van der Waals surface area contributed by atoms with Crippen LogP contribution in [0, 0.1) is 5.41 Å². The molecule has 1 heterocycles. The van der Waals surface area contributed by atoms with Gasteiger partial charge in [-0.15, -0.1) is 0 Å². The predicted octanol–water partition coefficient (Wildman–Crippen LogP) is 0.748. The third kappa shape index (κ3) is 1.73. The number of amides is 3. The van der Waals surface area contributed by atoms with Crippen molar-refractivity contribution in [3.8, 4) is 0 Å². The molecule has 0 fully saturated rings. The first-order valence-corrected chi connectivity index (χ1v) is 5.27. The summed E-state index contributed by atoms with van der Waals surface area (Å²) in [6.07, 6.45) is 2.84. The van der Waals surface area contributed by atoms with Crippen molar-refractivity contribution in [2.45, 2.75) is 33.6 Å². The summed E-state index contributed by atoms with van der Waals surface area (Å²) in [5.41, 5.74) is -0.638. The highest BCUT2D eigenvalue weighted by Crippen LogP contribution is 2.33. The Labute approximate surface area is 94.3 Å². The summed E-state index contributed by atoms with van der Waals surface area (Å²) in [6.45, 7) is 5.37. The van der Waals surface area contributed by atoms with Crippen LogP contribution in [0.3, 0.4) is 0 Å². The van der Waals surface area contributed by atoms with E-state index in [-0.39, 0.29) is 0 Å². The minimum Gasteiger partial charge on any atom is -0.861 e. The van der Waals surface area contributed by atoms with E-state index in [9.17, 15) is 14.7 Å². The minimum absolute atomic E-state index is 0.302. The van der Waals surface area contributed by atoms with Crippen LogP contribution >= 0.6 is 0 Å². The quantitative estimate of drug-likeness (QED) is 0.717. The number of hydrogen-bond donors (Lipinski definition) is 1. The molecule has 88 valence electrons. The summed E-state index contributed by atoms with van der Waals surface area (Å²) >= 11 is 0. The van der Waals surface area contributed by atoms with Gasteiger partial charge in [-0.2, -0.15) is 0 Å². The third-order valence-corrected chi connectivity index (χ3v) is 2.89. The average Bonchev–Trinajstić information content (AvgIpc) is 2.18. The molecule has 0 saturated carbocycles. The van der Waals surface area contributed by atoms with Crippen molar-refractivity contribution in [3.63, 3.8) is 0 Å². The van der Waals surface area contributed by atoms with Crippen molar-refractivity contribution in [2.75, 3.05) is 0 Å². The van der Waals surface area contributed by atoms with Crippen LogP contribution in [-0.2, 0) is 4.79 Å². The summed E-state index contributed by atoms with van der Waals surface area (Å²) in [5.74, 6) is -1.23. The van der Waals surface area contributed by atoms with E-state index in [1.54, 1.807) is 13.8 Å². The number of nitrogens with zero attached hydrogens (tertiary/aromatic N) is 1. The van der Waals surface area contributed by atoms with Crippen LogP contribution in [-0.4, -0.2) is 17.8 Å². The van der Waals surface area contributed by atoms with Gasteiger partial charge in [0.15, 0.2) is 0 Å². The molecular formula is C11H15N2O3-. The van der Waals surface area contributed by atoms with Gasteiger partial charge in [0.1, 0.15) is 0 Å². The number of imide groups is 1. The third-order valence-electron chi connectivity index (χ3n) is 2.89. The van der Waals surface area contributed by atoms with Gasteiger partial charge in [-0.3, -0.25) is 10.1 Å². The van der Waals surface area contributed by atoms with Crippen molar-refractivity contribution < 1.29 is 14.7 Å². The summed E-state index contributed by atoms with van der Waals surface area (Å²) in [6, 6.07) is -0.872. The van der Waals surface area contributed by atoms with Crippen molar-refractivity contribution >= 4 is 17.8 Å². The Bertz CT molecular complexity index is 385. The van der Waals surface area contributed by atoms with E-state index in [0.29, 0.717) is 12.0 Å². The molecule has 0 aliphatic carbocycles. The molecule has 1 atom stereocenters. The highest BCUT2D eigenvalue weighted by atomic mass is 16.3. The zero-order valence-electron chi connectivity index (χ0n) is 9.66. The Morgan fingerprint density at radius 2 is 2.12 bits per heavy atom. The van der Waals surface area contributed by atoms with Crippen LogP contribution in [0.15, 0.2) is 16.6 Å². The molecule has 3 amide bonds. The van der Waals surface area contributed by atoms with E-state index in [1.807, 2.05) is 13.0 Å². The zero-order valence-corrected chi connectivity index (χ0v) is 9.66. The molecule has 5 nitrogen and oxygen atoms in total. The Kier molecular flexibility index (Phi) is 3.47. The van der Waals surface area contributed by atoms with Crippen LogP contribution in [0.5, 0.6) is 0 Å². The van der Waals surface area contributed by atoms with Gasteiger partial charge < -0.3 is 5.11 Å². The van der Waals surface area contributed by atoms with Crippen LogP contribution in [0.4, 0.5) is 4.79 Å². The Morgan fingerprint density at radius 1 is 1.50 bits per heavy atom. The molecule has 0 bridgehead atoms. The summed E-state index contributed by atoms with van der Waals surface area (Å²) in [7, 11) is 0. The average molecular weight is 223 g/mol. The fourth-order valence-electron chi connectivity index (χ4n) is 1.94. The van der Waals surface area contributed by atoms with E-state index in [0.717, 1.165) is 6.42 Å². The lowest BCUT2D eigenvalue weighted by atomic mass is 9.76. The largest absolute Gasteiger partial charge is 0.861 e. The molecule has 1 N–H and O–H groups in total. The zero-order chi connectivity index (χ0) is 12.3. The second kappa shape index (κ2) is 4.47. The highest BCUT2D eigenvalue weighted by molar-refractivity contribution is 6.17. The first-order chi connectivity index (χ1) is 7.48. The monoisotopic (exact) mass is 223 g/mol. The standard InChI is InChI=1S/C11H16N2O3/c1-4-6-7(3)11(5-2)8(14)12-10(16)13-9(11)15/h6H,4-5H2,1-3H3,(H2,12,13,14,15,16)/p-1/b7-6+. The van der Waals surface area contributed by atoms with Crippen molar-refractivity contribution in [1.29, 1.82) is 0 Å². The van der Waals surface area contributed by atoms with Crippen LogP contribution in [0.1, 0.15) is 33.6 Å². The van der Waals surface area contributed by atoms with E-state index < -0.39 is 23.3 Å². The summed E-state index contributed by atoms with van der Waals surface area (Å²) < 4.78 is 0. The molecule has 0 spiro atoms. The van der Waals surface area contributed by atoms with Crippen LogP contribution in [0.2, 0.25) is 0 Å². The van der Waals surface area contributed by atoms with Crippen molar-refractivity contribution in [3.05, 3.63) is 11.6 Å². The van der Waals surface area contributed by atoms with Gasteiger partial charge >= 0.3 is 6.03 Å². The second-order valence-electron chi connectivity index (χ2n) is 3.73. The molecule has 0 aromatic rings. The molecule has 0 saturated heterocycles. The number of allylic oxidation sites excluding steroid dienone is 1. The number of nitrogens with one attached hydrogen (secondary N) is 1. The van der Waals surface area contributed by atoms with Crippen molar-refractivity contribution in [2.24, 2.45) is 10.4 Å². The van der Waals surface area contributed by atoms with Gasteiger partial charge in [-0.05, 0) is 25.7 Å². The predicted molar refractivity (Wildman–Crippen MR) is 57.7 cm³/mol. The molecule has 1 unspecified atom stereocenters. The molecule has 0 radical (unpaired) electrons. The van der Waals surface area contributed by atoms with Gasteiger partial charge in [0.25, 0.3) is 0 Å². The van der Waals surface area contributed by atoms with Gasteiger partial charge in [-0.25, -0.2) is 9.79 Å². The molecule has 1 aliphatic heterocycles. The molecular weight excluding hydrogens is 208 g/mol. The Balaban J connectivity index is 3.31. The summed E-state index contributed by atoms with van der Waals surface area (Å²) in [5, 5.41) is 13.9. The van der Waals surface area contributed by atoms with E-state index in [2.05, 4.69) is 10.3 Å². The topological polar surface area (TPSA) is 81.6 Å². The Hall–Kier alpha value is -1.65. The van der Waals surface area contributed by atoms with Gasteiger partial charge in [0, 0.05) is 0 Å². The van der Waals surface area contributed by atoms with Crippen molar-refractivity contribution in [1.82, 2.24) is 5.32 Å². The number of urea groups is 1. The number of aliphatic imine (C=N–C) groups is 1. The lowest BCUT2D eigenvalue weighted by molar-refractivity contribution is -0.228. The number of carbonyl (C=O) groups excluding carboxylic acids is 2. The first kappa shape index (κ1) is 12.4. The maximum Gasteiger partial charge on any atom is 0.346 e. The molecule has 5 heteroatoms. The smallest absolute Gasteiger partial charge is 0.346 e. The van der Waals surface area contributed by atoms with E-state index >= 15 is 0 Å². The molecule has 1 aliphatic rings. The molecule has 1 rings (SSSR count). The SMILES string of the molecule is CC/C=C(\C)C1(CC)C(=O)NC(=O)N=C1[O-]. The molecule has 16 heavy (non-hydrogen) atoms. The van der Waals surface area contributed by atoms with Crippen LogP contribution in [0.25, 0.3) is 0 Å². The number of carbonyl (C=O) groups is 2. The second-order valence-corrected chi connectivity index (χ2v) is 3.73. The highest BCUT2D eigenvalue weighted by Gasteiger charge is 2.42. The molecule has 0 aromatic carbocycles. The van der Waals surface area contributed by atoms with Gasteiger partial charge in [0.05, 0.1) is 5.41 Å². The maximum atomic E-state index is 11.8. The first-order valence-electron chi connectivity index (χ1n) is 5.27. The molecule has 0 aromatic heterocycles. The maximum absolute atomic E-state index is 11.8. The Morgan fingerprint density at radius 3 is 2.56 bits per heavy atom. The number of hydrogen-bond acceptors (Lipinski definition) is 3. The lowest BCUT2D eigenvalue weighted by Crippen LogP contribution is -2.56.